The molecule has 2 fully saturated rings. The van der Waals surface area contributed by atoms with Crippen LogP contribution in [0, 0.1) is 0 Å². The summed E-state index contributed by atoms with van der Waals surface area (Å²) in [6.07, 6.45) is 2.68. The Morgan fingerprint density at radius 2 is 1.76 bits per heavy atom. The van der Waals surface area contributed by atoms with E-state index in [1.165, 1.54) is 12.8 Å². The number of nitrogens with zero attached hydrogens (tertiary/aromatic N) is 2. The maximum atomic E-state index is 11.9. The van der Waals surface area contributed by atoms with Gasteiger partial charge in [-0.2, -0.15) is 0 Å². The highest BCUT2D eigenvalue weighted by Gasteiger charge is 2.38. The van der Waals surface area contributed by atoms with Crippen LogP contribution in [0.4, 0.5) is 0 Å². The first kappa shape index (κ1) is 14.5. The van der Waals surface area contributed by atoms with E-state index in [0.29, 0.717) is 6.54 Å². The van der Waals surface area contributed by atoms with Gasteiger partial charge in [0.05, 0.1) is 0 Å². The number of piperazine rings is 1. The summed E-state index contributed by atoms with van der Waals surface area (Å²) in [4.78, 5) is 16.7. The highest BCUT2D eigenvalue weighted by atomic mass is 16.1. The van der Waals surface area contributed by atoms with Crippen molar-refractivity contribution in [3.63, 3.8) is 0 Å². The number of hydrogen-bond acceptors (Lipinski definition) is 4. The van der Waals surface area contributed by atoms with E-state index in [4.69, 9.17) is 11.5 Å². The van der Waals surface area contributed by atoms with Crippen molar-refractivity contribution in [2.24, 2.45) is 11.5 Å². The van der Waals surface area contributed by atoms with Crippen LogP contribution in [0.3, 0.4) is 0 Å². The minimum Gasteiger partial charge on any atom is -0.368 e. The molecule has 0 bridgehead atoms. The quantitative estimate of drug-likeness (QED) is 0.806. The second-order valence-corrected chi connectivity index (χ2v) is 6.24. The molecule has 1 aliphatic carbocycles. The Bertz CT molecular complexity index is 494. The molecule has 1 atom stereocenters. The fraction of sp³-hybridized carbons (Fsp3) is 0.562. The Hall–Kier alpha value is -1.43. The molecule has 1 aliphatic heterocycles. The van der Waals surface area contributed by atoms with Crippen molar-refractivity contribution in [2.75, 3.05) is 32.7 Å². The van der Waals surface area contributed by atoms with Crippen LogP contribution in [0.2, 0.25) is 0 Å². The molecule has 5 nitrogen and oxygen atoms in total. The van der Waals surface area contributed by atoms with Gasteiger partial charge in [-0.25, -0.2) is 0 Å². The second-order valence-electron chi connectivity index (χ2n) is 6.24. The van der Waals surface area contributed by atoms with Crippen LogP contribution in [0.25, 0.3) is 0 Å². The molecule has 1 amide bonds. The van der Waals surface area contributed by atoms with Crippen molar-refractivity contribution in [1.82, 2.24) is 9.80 Å². The van der Waals surface area contributed by atoms with Crippen LogP contribution in [0.1, 0.15) is 18.4 Å². The average Bonchev–Trinajstić information content (AvgIpc) is 3.33. The number of hydrogen-bond donors (Lipinski definition) is 2. The Kier molecular flexibility index (Phi) is 3.97. The summed E-state index contributed by atoms with van der Waals surface area (Å²) in [5.74, 6) is -0.460. The van der Waals surface area contributed by atoms with Crippen LogP contribution < -0.4 is 11.5 Å². The fourth-order valence-electron chi connectivity index (χ4n) is 3.13. The van der Waals surface area contributed by atoms with Crippen molar-refractivity contribution < 1.29 is 4.79 Å². The molecule has 1 saturated carbocycles. The lowest BCUT2D eigenvalue weighted by Crippen LogP contribution is -2.59. The molecule has 4 N–H and O–H groups in total. The summed E-state index contributed by atoms with van der Waals surface area (Å²) in [6, 6.07) is 10.3. The van der Waals surface area contributed by atoms with E-state index in [0.717, 1.165) is 37.8 Å². The Morgan fingerprint density at radius 1 is 1.14 bits per heavy atom. The number of rotatable bonds is 5. The number of nitrogens with two attached hydrogens (primary N) is 2. The highest BCUT2D eigenvalue weighted by Crippen LogP contribution is 2.28. The number of carbonyl (C=O) groups excluding carboxylic acids is 1. The van der Waals surface area contributed by atoms with Crippen molar-refractivity contribution in [3.05, 3.63) is 35.9 Å². The third kappa shape index (κ3) is 3.10. The number of benzene rings is 1. The number of primary amides is 1. The first-order valence-electron chi connectivity index (χ1n) is 7.70. The molecule has 0 radical (unpaired) electrons. The molecule has 1 heterocycles. The van der Waals surface area contributed by atoms with Gasteiger partial charge in [-0.3, -0.25) is 14.6 Å². The Labute approximate surface area is 125 Å². The van der Waals surface area contributed by atoms with Gasteiger partial charge in [-0.1, -0.05) is 30.3 Å². The molecular weight excluding hydrogens is 264 g/mol. The zero-order valence-corrected chi connectivity index (χ0v) is 12.4. The third-order valence-corrected chi connectivity index (χ3v) is 4.67. The minimum absolute atomic E-state index is 0.460. The van der Waals surface area contributed by atoms with Gasteiger partial charge < -0.3 is 11.5 Å². The third-order valence-electron chi connectivity index (χ3n) is 4.67. The van der Waals surface area contributed by atoms with Gasteiger partial charge in [0.2, 0.25) is 5.91 Å². The predicted octanol–water partition coefficient (Wildman–Crippen LogP) is 0.106. The maximum Gasteiger partial charge on any atom is 0.243 e. The molecule has 114 valence electrons. The van der Waals surface area contributed by atoms with E-state index in [1.54, 1.807) is 0 Å². The van der Waals surface area contributed by atoms with Crippen molar-refractivity contribution in [3.8, 4) is 0 Å². The summed E-state index contributed by atoms with van der Waals surface area (Å²) in [5.41, 5.74) is 11.7. The van der Waals surface area contributed by atoms with Crippen LogP contribution in [0.15, 0.2) is 30.3 Å². The first-order chi connectivity index (χ1) is 10.1. The highest BCUT2D eigenvalue weighted by molar-refractivity contribution is 5.86. The lowest BCUT2D eigenvalue weighted by molar-refractivity contribution is -0.124. The topological polar surface area (TPSA) is 75.6 Å². The normalized spacial score (nSPS) is 23.7. The van der Waals surface area contributed by atoms with Crippen LogP contribution in [-0.2, 0) is 10.3 Å². The van der Waals surface area contributed by atoms with E-state index in [9.17, 15) is 4.79 Å². The monoisotopic (exact) mass is 288 g/mol. The van der Waals surface area contributed by atoms with E-state index in [2.05, 4.69) is 9.80 Å². The van der Waals surface area contributed by atoms with Gasteiger partial charge in [0.25, 0.3) is 0 Å². The molecule has 1 aromatic rings. The van der Waals surface area contributed by atoms with E-state index < -0.39 is 11.4 Å². The summed E-state index contributed by atoms with van der Waals surface area (Å²) in [6.45, 7) is 4.53. The van der Waals surface area contributed by atoms with Gasteiger partial charge in [0.1, 0.15) is 5.54 Å². The molecule has 5 heteroatoms. The minimum atomic E-state index is -1.11. The Balaban J connectivity index is 1.67. The SMILES string of the molecule is NC(=O)C(N)(CN1CCN(C2CC2)CC1)c1ccccc1. The van der Waals surface area contributed by atoms with Crippen molar-refractivity contribution >= 4 is 5.91 Å². The summed E-state index contributed by atoms with van der Waals surface area (Å²) >= 11 is 0. The predicted molar refractivity (Wildman–Crippen MR) is 82.5 cm³/mol. The number of amides is 1. The van der Waals surface area contributed by atoms with Gasteiger partial charge >= 0.3 is 0 Å². The number of carbonyl (C=O) groups is 1. The van der Waals surface area contributed by atoms with Crippen LogP contribution >= 0.6 is 0 Å². The van der Waals surface area contributed by atoms with Gasteiger partial charge in [0.15, 0.2) is 0 Å². The lowest BCUT2D eigenvalue weighted by atomic mass is 9.89. The zero-order valence-electron chi connectivity index (χ0n) is 12.4. The molecule has 0 spiro atoms. The van der Waals surface area contributed by atoms with Crippen LogP contribution in [-0.4, -0.2) is 54.5 Å². The lowest BCUT2D eigenvalue weighted by Gasteiger charge is -2.39. The maximum absolute atomic E-state index is 11.9. The summed E-state index contributed by atoms with van der Waals surface area (Å²) < 4.78 is 0. The standard InChI is InChI=1S/C16H24N4O/c17-15(21)16(18,13-4-2-1-3-5-13)12-19-8-10-20(11-9-19)14-6-7-14/h1-5,14H,6-12,18H2,(H2,17,21). The Morgan fingerprint density at radius 3 is 2.29 bits per heavy atom. The van der Waals surface area contributed by atoms with Gasteiger partial charge in [0, 0.05) is 38.8 Å². The second kappa shape index (κ2) is 5.75. The molecule has 3 rings (SSSR count). The van der Waals surface area contributed by atoms with Crippen molar-refractivity contribution in [1.29, 1.82) is 0 Å². The molecule has 1 saturated heterocycles. The van der Waals surface area contributed by atoms with E-state index in [-0.39, 0.29) is 0 Å². The average molecular weight is 288 g/mol. The fourth-order valence-corrected chi connectivity index (χ4v) is 3.13. The van der Waals surface area contributed by atoms with Crippen molar-refractivity contribution in [2.45, 2.75) is 24.4 Å². The first-order valence-corrected chi connectivity index (χ1v) is 7.70. The molecule has 2 aliphatic rings. The molecule has 0 aromatic heterocycles. The molecule has 21 heavy (non-hydrogen) atoms. The molecule has 1 aromatic carbocycles. The van der Waals surface area contributed by atoms with E-state index in [1.807, 2.05) is 30.3 Å². The molecular formula is C16H24N4O. The molecule has 1 unspecified atom stereocenters. The van der Waals surface area contributed by atoms with Crippen LogP contribution in [0.5, 0.6) is 0 Å². The largest absolute Gasteiger partial charge is 0.368 e. The smallest absolute Gasteiger partial charge is 0.243 e. The van der Waals surface area contributed by atoms with Gasteiger partial charge in [-0.15, -0.1) is 0 Å². The zero-order chi connectivity index (χ0) is 14.9. The summed E-state index contributed by atoms with van der Waals surface area (Å²) in [7, 11) is 0. The van der Waals surface area contributed by atoms with Gasteiger partial charge in [-0.05, 0) is 18.4 Å². The summed E-state index contributed by atoms with van der Waals surface area (Å²) in [5, 5.41) is 0. The van der Waals surface area contributed by atoms with E-state index >= 15 is 0 Å².